The molecule has 0 atom stereocenters. The zero-order valence-corrected chi connectivity index (χ0v) is 10.4. The zero-order valence-electron chi connectivity index (χ0n) is 9.55. The van der Waals surface area contributed by atoms with E-state index in [1.807, 2.05) is 16.8 Å². The van der Waals surface area contributed by atoms with E-state index >= 15 is 0 Å². The molecule has 6 heteroatoms. The van der Waals surface area contributed by atoms with Gasteiger partial charge in [-0.2, -0.15) is 5.26 Å². The molecule has 0 fully saturated rings. The van der Waals surface area contributed by atoms with Crippen molar-refractivity contribution in [3.8, 4) is 6.07 Å². The number of nitrogens with zero attached hydrogens (tertiary/aromatic N) is 4. The Morgan fingerprint density at radius 1 is 1.53 bits per heavy atom. The van der Waals surface area contributed by atoms with Gasteiger partial charge in [0.2, 0.25) is 5.13 Å². The third-order valence-electron chi connectivity index (χ3n) is 2.24. The smallest absolute Gasteiger partial charge is 0.205 e. The average molecular weight is 247 g/mol. The van der Waals surface area contributed by atoms with Gasteiger partial charge in [0.05, 0.1) is 6.54 Å². The molecule has 2 heterocycles. The average Bonchev–Trinajstić information content (AvgIpc) is 2.96. The summed E-state index contributed by atoms with van der Waals surface area (Å²) in [6.07, 6.45) is 2.93. The molecule has 0 aliphatic heterocycles. The van der Waals surface area contributed by atoms with Crippen LogP contribution in [0, 0.1) is 11.3 Å². The van der Waals surface area contributed by atoms with Crippen LogP contribution in [0.3, 0.4) is 0 Å². The molecular weight excluding hydrogens is 234 g/mol. The maximum Gasteiger partial charge on any atom is 0.205 e. The second kappa shape index (κ2) is 5.46. The van der Waals surface area contributed by atoms with E-state index in [1.54, 1.807) is 6.07 Å². The lowest BCUT2D eigenvalue weighted by molar-refractivity contribution is 0.773. The van der Waals surface area contributed by atoms with E-state index in [0.29, 0.717) is 12.2 Å². The Balaban J connectivity index is 2.04. The van der Waals surface area contributed by atoms with Crippen LogP contribution >= 0.6 is 11.3 Å². The summed E-state index contributed by atoms with van der Waals surface area (Å²) < 4.78 is 1.87. The highest BCUT2D eigenvalue weighted by atomic mass is 32.1. The Morgan fingerprint density at radius 3 is 3.18 bits per heavy atom. The number of nitrogens with one attached hydrogen (secondary N) is 1. The molecule has 17 heavy (non-hydrogen) atoms. The van der Waals surface area contributed by atoms with Crippen molar-refractivity contribution in [2.24, 2.45) is 0 Å². The number of anilines is 1. The van der Waals surface area contributed by atoms with E-state index in [9.17, 15) is 0 Å². The molecule has 5 nitrogen and oxygen atoms in total. The first-order chi connectivity index (χ1) is 8.33. The van der Waals surface area contributed by atoms with Crippen LogP contribution in [0.5, 0.6) is 0 Å². The summed E-state index contributed by atoms with van der Waals surface area (Å²) in [4.78, 5) is 0. The summed E-state index contributed by atoms with van der Waals surface area (Å²) in [7, 11) is 0. The van der Waals surface area contributed by atoms with Crippen molar-refractivity contribution in [3.63, 3.8) is 0 Å². The van der Waals surface area contributed by atoms with Crippen molar-refractivity contribution in [1.29, 1.82) is 5.26 Å². The molecule has 2 aromatic heterocycles. The molecule has 0 amide bonds. The summed E-state index contributed by atoms with van der Waals surface area (Å²) in [6, 6.07) is 5.79. The molecule has 2 rings (SSSR count). The van der Waals surface area contributed by atoms with Crippen LogP contribution in [0.15, 0.2) is 18.3 Å². The Labute approximate surface area is 104 Å². The summed E-state index contributed by atoms with van der Waals surface area (Å²) >= 11 is 1.53. The van der Waals surface area contributed by atoms with Crippen LogP contribution in [0.25, 0.3) is 0 Å². The highest BCUT2D eigenvalue weighted by Crippen LogP contribution is 2.16. The molecule has 0 unspecified atom stereocenters. The summed E-state index contributed by atoms with van der Waals surface area (Å²) in [5.41, 5.74) is 0.642. The maximum absolute atomic E-state index is 8.89. The summed E-state index contributed by atoms with van der Waals surface area (Å²) in [6.45, 7) is 3.61. The van der Waals surface area contributed by atoms with Gasteiger partial charge in [-0.1, -0.05) is 18.3 Å². The van der Waals surface area contributed by atoms with Crippen molar-refractivity contribution >= 4 is 16.5 Å². The van der Waals surface area contributed by atoms with E-state index in [1.165, 1.54) is 11.3 Å². The predicted molar refractivity (Wildman–Crippen MR) is 66.9 cm³/mol. The van der Waals surface area contributed by atoms with Crippen molar-refractivity contribution in [2.45, 2.75) is 19.9 Å². The molecule has 0 radical (unpaired) electrons. The van der Waals surface area contributed by atoms with Crippen molar-refractivity contribution in [2.75, 3.05) is 11.9 Å². The molecule has 0 saturated carbocycles. The molecule has 0 spiro atoms. The fourth-order valence-electron chi connectivity index (χ4n) is 1.42. The first-order valence-electron chi connectivity index (χ1n) is 5.45. The van der Waals surface area contributed by atoms with Crippen LogP contribution in [-0.2, 0) is 6.54 Å². The number of aromatic nitrogens is 3. The van der Waals surface area contributed by atoms with Crippen LogP contribution in [0.1, 0.15) is 24.0 Å². The first kappa shape index (κ1) is 11.6. The number of hydrogen-bond acceptors (Lipinski definition) is 5. The van der Waals surface area contributed by atoms with Crippen molar-refractivity contribution in [3.05, 3.63) is 29.0 Å². The number of rotatable bonds is 5. The van der Waals surface area contributed by atoms with E-state index in [2.05, 4.69) is 28.5 Å². The topological polar surface area (TPSA) is 66.5 Å². The van der Waals surface area contributed by atoms with Gasteiger partial charge in [-0.15, -0.1) is 10.2 Å². The van der Waals surface area contributed by atoms with Gasteiger partial charge in [-0.3, -0.25) is 0 Å². The Morgan fingerprint density at radius 2 is 2.41 bits per heavy atom. The van der Waals surface area contributed by atoms with Gasteiger partial charge >= 0.3 is 0 Å². The number of nitriles is 1. The lowest BCUT2D eigenvalue weighted by Crippen LogP contribution is -1.99. The molecule has 88 valence electrons. The fraction of sp³-hybridized carbons (Fsp3) is 0.364. The monoisotopic (exact) mass is 247 g/mol. The predicted octanol–water partition coefficient (Wildman–Crippen LogP) is 2.08. The minimum atomic E-state index is 0.599. The van der Waals surface area contributed by atoms with Crippen LogP contribution in [-0.4, -0.2) is 21.3 Å². The van der Waals surface area contributed by atoms with E-state index in [-0.39, 0.29) is 0 Å². The third kappa shape index (κ3) is 2.82. The Hall–Kier alpha value is -1.87. The second-order valence-corrected chi connectivity index (χ2v) is 4.62. The second-order valence-electron chi connectivity index (χ2n) is 3.56. The van der Waals surface area contributed by atoms with Crippen molar-refractivity contribution in [1.82, 2.24) is 14.8 Å². The van der Waals surface area contributed by atoms with E-state index in [4.69, 9.17) is 5.26 Å². The lowest BCUT2D eigenvalue weighted by Gasteiger charge is -1.99. The number of hydrogen-bond donors (Lipinski definition) is 1. The molecule has 0 saturated heterocycles. The third-order valence-corrected chi connectivity index (χ3v) is 3.11. The summed E-state index contributed by atoms with van der Waals surface area (Å²) in [5, 5.41) is 22.0. The van der Waals surface area contributed by atoms with E-state index < -0.39 is 0 Å². The standard InChI is InChI=1S/C11H13N5S/c1-2-5-13-11-15-14-10(17-11)8-16-6-3-4-9(16)7-12/h3-4,6H,2,5,8H2,1H3,(H,13,15). The zero-order chi connectivity index (χ0) is 12.1. The van der Waals surface area contributed by atoms with Crippen molar-refractivity contribution < 1.29 is 0 Å². The van der Waals surface area contributed by atoms with Crippen LogP contribution in [0.2, 0.25) is 0 Å². The van der Waals surface area contributed by atoms with Gasteiger partial charge in [0.1, 0.15) is 16.8 Å². The van der Waals surface area contributed by atoms with Gasteiger partial charge in [0.15, 0.2) is 0 Å². The SMILES string of the molecule is CCCNc1nnc(Cn2cccc2C#N)s1. The molecule has 2 aromatic rings. The largest absolute Gasteiger partial charge is 0.360 e. The van der Waals surface area contributed by atoms with Gasteiger partial charge < -0.3 is 9.88 Å². The minimum Gasteiger partial charge on any atom is -0.360 e. The van der Waals surface area contributed by atoms with E-state index in [0.717, 1.165) is 23.1 Å². The quantitative estimate of drug-likeness (QED) is 0.878. The minimum absolute atomic E-state index is 0.599. The molecular formula is C11H13N5S. The fourth-order valence-corrected chi connectivity index (χ4v) is 2.18. The highest BCUT2D eigenvalue weighted by Gasteiger charge is 2.06. The lowest BCUT2D eigenvalue weighted by atomic mass is 10.5. The molecule has 0 aliphatic rings. The van der Waals surface area contributed by atoms with Gasteiger partial charge in [-0.25, -0.2) is 0 Å². The van der Waals surface area contributed by atoms with Gasteiger partial charge in [0, 0.05) is 12.7 Å². The van der Waals surface area contributed by atoms with Crippen LogP contribution in [0.4, 0.5) is 5.13 Å². The first-order valence-corrected chi connectivity index (χ1v) is 6.26. The molecule has 1 N–H and O–H groups in total. The maximum atomic E-state index is 8.89. The highest BCUT2D eigenvalue weighted by molar-refractivity contribution is 7.15. The Bertz CT molecular complexity index is 522. The summed E-state index contributed by atoms with van der Waals surface area (Å²) in [5.74, 6) is 0. The Kier molecular flexibility index (Phi) is 3.73. The van der Waals surface area contributed by atoms with Crippen LogP contribution < -0.4 is 5.32 Å². The molecule has 0 aromatic carbocycles. The van der Waals surface area contributed by atoms with Gasteiger partial charge in [0.25, 0.3) is 0 Å². The normalized spacial score (nSPS) is 10.1. The van der Waals surface area contributed by atoms with Gasteiger partial charge in [-0.05, 0) is 18.6 Å². The molecule has 0 bridgehead atoms. The molecule has 0 aliphatic carbocycles.